The second-order valence-electron chi connectivity index (χ2n) is 8.57. The van der Waals surface area contributed by atoms with Gasteiger partial charge < -0.3 is 24.6 Å². The van der Waals surface area contributed by atoms with Gasteiger partial charge in [-0.05, 0) is 54.8 Å². The van der Waals surface area contributed by atoms with E-state index in [-0.39, 0.29) is 24.7 Å². The quantitative estimate of drug-likeness (QED) is 0.514. The number of carbonyl (C=O) groups is 1. The zero-order chi connectivity index (χ0) is 23.9. The SMILES string of the molecule is O=C(CCCOc1ccc(F)cc1)N[C@H](CN1CC[C@@H](F)C1)C(O)c1ccc2c(c1)OCCO2. The number of alkyl halides is 1. The van der Waals surface area contributed by atoms with Gasteiger partial charge in [0.2, 0.25) is 5.91 Å². The Morgan fingerprint density at radius 2 is 1.94 bits per heavy atom. The third-order valence-corrected chi connectivity index (χ3v) is 5.94. The molecule has 2 aliphatic heterocycles. The van der Waals surface area contributed by atoms with Crippen LogP contribution in [-0.2, 0) is 4.79 Å². The van der Waals surface area contributed by atoms with E-state index in [4.69, 9.17) is 14.2 Å². The molecule has 0 spiro atoms. The normalized spacial score (nSPS) is 19.4. The van der Waals surface area contributed by atoms with Crippen molar-refractivity contribution >= 4 is 5.91 Å². The van der Waals surface area contributed by atoms with Gasteiger partial charge in [-0.2, -0.15) is 0 Å². The number of ether oxygens (including phenoxy) is 3. The predicted octanol–water partition coefficient (Wildman–Crippen LogP) is 3.02. The Kier molecular flexibility index (Phi) is 8.18. The van der Waals surface area contributed by atoms with Crippen LogP contribution in [0.15, 0.2) is 42.5 Å². The molecule has 7 nitrogen and oxygen atoms in total. The fourth-order valence-electron chi connectivity index (χ4n) is 4.16. The lowest BCUT2D eigenvalue weighted by Crippen LogP contribution is -2.47. The molecule has 1 saturated heterocycles. The fraction of sp³-hybridized carbons (Fsp3) is 0.480. The maximum Gasteiger partial charge on any atom is 0.220 e. The Hall–Kier alpha value is -2.91. The van der Waals surface area contributed by atoms with E-state index < -0.39 is 18.3 Å². The van der Waals surface area contributed by atoms with Crippen LogP contribution >= 0.6 is 0 Å². The summed E-state index contributed by atoms with van der Waals surface area (Å²) in [6.07, 6.45) is -0.814. The van der Waals surface area contributed by atoms with Crippen molar-refractivity contribution in [2.75, 3.05) is 39.5 Å². The molecule has 4 rings (SSSR count). The first-order chi connectivity index (χ1) is 16.5. The van der Waals surface area contributed by atoms with Gasteiger partial charge in [0.15, 0.2) is 11.5 Å². The van der Waals surface area contributed by atoms with Crippen molar-refractivity contribution in [3.63, 3.8) is 0 Å². The lowest BCUT2D eigenvalue weighted by Gasteiger charge is -2.29. The van der Waals surface area contributed by atoms with Crippen molar-refractivity contribution < 1.29 is 32.9 Å². The number of carbonyl (C=O) groups excluding carboxylic acids is 1. The zero-order valence-electron chi connectivity index (χ0n) is 18.9. The number of nitrogens with zero attached hydrogens (tertiary/aromatic N) is 1. The molecule has 2 aromatic carbocycles. The number of benzene rings is 2. The lowest BCUT2D eigenvalue weighted by atomic mass is 10.0. The average Bonchev–Trinajstić information content (AvgIpc) is 3.26. The number of amides is 1. The average molecular weight is 477 g/mol. The summed E-state index contributed by atoms with van der Waals surface area (Å²) < 4.78 is 43.4. The predicted molar refractivity (Wildman–Crippen MR) is 121 cm³/mol. The summed E-state index contributed by atoms with van der Waals surface area (Å²) in [6, 6.07) is 10.3. The van der Waals surface area contributed by atoms with Crippen molar-refractivity contribution in [3.05, 3.63) is 53.8 Å². The van der Waals surface area contributed by atoms with Gasteiger partial charge in [-0.1, -0.05) is 6.07 Å². The summed E-state index contributed by atoms with van der Waals surface area (Å²) in [5.41, 5.74) is 0.588. The Morgan fingerprint density at radius 3 is 2.68 bits per heavy atom. The standard InChI is InChI=1S/C25H30F2N2O5/c26-18-4-6-20(7-5-18)32-11-1-2-24(30)28-21(16-29-10-9-19(27)15-29)25(31)17-3-8-22-23(14-17)34-13-12-33-22/h3-8,14,19,21,25,31H,1-2,9-13,15-16H2,(H,28,30)/t19-,21-,25?/m1/s1. The minimum absolute atomic E-state index is 0.192. The van der Waals surface area contributed by atoms with E-state index >= 15 is 0 Å². The first kappa shape index (κ1) is 24.2. The number of likely N-dealkylation sites (tertiary alicyclic amines) is 1. The third-order valence-electron chi connectivity index (χ3n) is 5.94. The van der Waals surface area contributed by atoms with E-state index in [1.54, 1.807) is 18.2 Å². The molecule has 0 radical (unpaired) electrons. The van der Waals surface area contributed by atoms with Crippen LogP contribution in [0.25, 0.3) is 0 Å². The fourth-order valence-corrected chi connectivity index (χ4v) is 4.16. The van der Waals surface area contributed by atoms with Crippen molar-refractivity contribution in [3.8, 4) is 17.2 Å². The first-order valence-corrected chi connectivity index (χ1v) is 11.6. The number of rotatable bonds is 10. The lowest BCUT2D eigenvalue weighted by molar-refractivity contribution is -0.123. The van der Waals surface area contributed by atoms with Crippen LogP contribution in [0, 0.1) is 5.82 Å². The monoisotopic (exact) mass is 476 g/mol. The third kappa shape index (κ3) is 6.57. The smallest absolute Gasteiger partial charge is 0.220 e. The summed E-state index contributed by atoms with van der Waals surface area (Å²) >= 11 is 0. The van der Waals surface area contributed by atoms with Crippen LogP contribution in [0.4, 0.5) is 8.78 Å². The van der Waals surface area contributed by atoms with Gasteiger partial charge in [-0.25, -0.2) is 8.78 Å². The zero-order valence-corrected chi connectivity index (χ0v) is 18.9. The van der Waals surface area contributed by atoms with Gasteiger partial charge in [0.1, 0.15) is 37.1 Å². The number of hydrogen-bond acceptors (Lipinski definition) is 6. The van der Waals surface area contributed by atoms with Gasteiger partial charge in [-0.15, -0.1) is 0 Å². The molecule has 2 aromatic rings. The maximum absolute atomic E-state index is 13.7. The number of aliphatic hydroxyl groups excluding tert-OH is 1. The van der Waals surface area contributed by atoms with Gasteiger partial charge >= 0.3 is 0 Å². The van der Waals surface area contributed by atoms with Gasteiger partial charge in [0.25, 0.3) is 0 Å². The molecule has 1 fully saturated rings. The summed E-state index contributed by atoms with van der Waals surface area (Å²) in [6.45, 7) is 2.38. The molecule has 0 bridgehead atoms. The van der Waals surface area contributed by atoms with E-state index in [9.17, 15) is 18.7 Å². The largest absolute Gasteiger partial charge is 0.494 e. The van der Waals surface area contributed by atoms with E-state index in [0.29, 0.717) is 68.6 Å². The summed E-state index contributed by atoms with van der Waals surface area (Å²) in [5.74, 6) is 1.12. The van der Waals surface area contributed by atoms with Crippen molar-refractivity contribution in [1.82, 2.24) is 10.2 Å². The van der Waals surface area contributed by atoms with Crippen LogP contribution in [0.2, 0.25) is 0 Å². The van der Waals surface area contributed by atoms with E-state index in [2.05, 4.69) is 5.32 Å². The maximum atomic E-state index is 13.7. The first-order valence-electron chi connectivity index (χ1n) is 11.6. The van der Waals surface area contributed by atoms with Crippen LogP contribution < -0.4 is 19.5 Å². The van der Waals surface area contributed by atoms with E-state index in [1.165, 1.54) is 24.3 Å². The van der Waals surface area contributed by atoms with Crippen LogP contribution in [0.1, 0.15) is 30.9 Å². The molecule has 0 aliphatic carbocycles. The summed E-state index contributed by atoms with van der Waals surface area (Å²) in [5, 5.41) is 14.0. The molecule has 3 atom stereocenters. The highest BCUT2D eigenvalue weighted by Gasteiger charge is 2.30. The second-order valence-corrected chi connectivity index (χ2v) is 8.57. The minimum Gasteiger partial charge on any atom is -0.494 e. The summed E-state index contributed by atoms with van der Waals surface area (Å²) in [7, 11) is 0. The highest BCUT2D eigenvalue weighted by molar-refractivity contribution is 5.76. The highest BCUT2D eigenvalue weighted by Crippen LogP contribution is 2.33. The molecule has 184 valence electrons. The Labute approximate surface area is 197 Å². The van der Waals surface area contributed by atoms with Crippen molar-refractivity contribution in [2.24, 2.45) is 0 Å². The van der Waals surface area contributed by atoms with Crippen molar-refractivity contribution in [2.45, 2.75) is 37.6 Å². The molecule has 1 unspecified atom stereocenters. The molecule has 0 aromatic heterocycles. The molecule has 2 aliphatic rings. The molecule has 34 heavy (non-hydrogen) atoms. The van der Waals surface area contributed by atoms with Gasteiger partial charge in [0, 0.05) is 26.1 Å². The molecular weight excluding hydrogens is 446 g/mol. The van der Waals surface area contributed by atoms with Crippen LogP contribution in [0.3, 0.4) is 0 Å². The Balaban J connectivity index is 1.34. The van der Waals surface area contributed by atoms with Crippen LogP contribution in [0.5, 0.6) is 17.2 Å². The molecule has 2 heterocycles. The van der Waals surface area contributed by atoms with Gasteiger partial charge in [0.05, 0.1) is 12.6 Å². The number of nitrogens with one attached hydrogen (secondary N) is 1. The molecule has 2 N–H and O–H groups in total. The van der Waals surface area contributed by atoms with Crippen LogP contribution in [-0.4, -0.2) is 67.6 Å². The number of halogens is 2. The molecule has 9 heteroatoms. The molecule has 0 saturated carbocycles. The number of hydrogen-bond donors (Lipinski definition) is 2. The molecular formula is C25H30F2N2O5. The Morgan fingerprint density at radius 1 is 1.18 bits per heavy atom. The van der Waals surface area contributed by atoms with E-state index in [1.807, 2.05) is 4.90 Å². The van der Waals surface area contributed by atoms with Crippen molar-refractivity contribution in [1.29, 1.82) is 0 Å². The second kappa shape index (κ2) is 11.5. The van der Waals surface area contributed by atoms with Gasteiger partial charge in [-0.3, -0.25) is 9.69 Å². The topological polar surface area (TPSA) is 80.3 Å². The number of fused-ring (bicyclic) bond motifs is 1. The molecule has 1 amide bonds. The Bertz CT molecular complexity index is 959. The number of aliphatic hydroxyl groups is 1. The highest BCUT2D eigenvalue weighted by atomic mass is 19.1. The summed E-state index contributed by atoms with van der Waals surface area (Å²) in [4.78, 5) is 14.6. The van der Waals surface area contributed by atoms with E-state index in [0.717, 1.165) is 0 Å². The minimum atomic E-state index is -1.01.